The third-order valence-corrected chi connectivity index (χ3v) is 5.20. The van der Waals surface area contributed by atoms with Crippen LogP contribution in [-0.4, -0.2) is 59.6 Å². The van der Waals surface area contributed by atoms with Crippen molar-refractivity contribution in [2.24, 2.45) is 5.92 Å². The lowest BCUT2D eigenvalue weighted by atomic mass is 10.0. The van der Waals surface area contributed by atoms with Crippen LogP contribution >= 0.6 is 0 Å². The molecule has 2 amide bonds. The Hall–Kier alpha value is -2.49. The summed E-state index contributed by atoms with van der Waals surface area (Å²) in [5.41, 5.74) is 0.730. The SMILES string of the molecule is CS(=O)(=O)C[C@@H]1CCCN(C(=O)NCc2nc(-c3cccnc3)no2)C1. The summed E-state index contributed by atoms with van der Waals surface area (Å²) in [6.07, 6.45) is 6.11. The van der Waals surface area contributed by atoms with E-state index in [0.29, 0.717) is 24.8 Å². The molecule has 0 radical (unpaired) electrons. The van der Waals surface area contributed by atoms with Gasteiger partial charge in [0, 0.05) is 37.3 Å². The van der Waals surface area contributed by atoms with Gasteiger partial charge in [0.05, 0.1) is 12.3 Å². The van der Waals surface area contributed by atoms with Crippen LogP contribution in [-0.2, 0) is 16.4 Å². The number of amides is 2. The van der Waals surface area contributed by atoms with Crippen LogP contribution in [0.2, 0.25) is 0 Å². The lowest BCUT2D eigenvalue weighted by molar-refractivity contribution is 0.168. The average Bonchev–Trinajstić information content (AvgIpc) is 3.08. The van der Waals surface area contributed by atoms with Crippen LogP contribution in [0.25, 0.3) is 11.4 Å². The Morgan fingerprint density at radius 1 is 1.46 bits per heavy atom. The van der Waals surface area contributed by atoms with E-state index in [-0.39, 0.29) is 24.2 Å². The molecule has 0 saturated carbocycles. The van der Waals surface area contributed by atoms with Crippen molar-refractivity contribution in [3.8, 4) is 11.4 Å². The van der Waals surface area contributed by atoms with E-state index in [1.165, 1.54) is 6.26 Å². The molecule has 1 fully saturated rings. The van der Waals surface area contributed by atoms with Gasteiger partial charge in [-0.3, -0.25) is 4.98 Å². The third kappa shape index (κ3) is 5.01. The minimum absolute atomic E-state index is 0.0231. The summed E-state index contributed by atoms with van der Waals surface area (Å²) < 4.78 is 28.1. The molecule has 1 saturated heterocycles. The summed E-state index contributed by atoms with van der Waals surface area (Å²) in [5, 5.41) is 6.61. The number of hydrogen-bond donors (Lipinski definition) is 1. The topological polar surface area (TPSA) is 118 Å². The van der Waals surface area contributed by atoms with Crippen LogP contribution in [0.15, 0.2) is 29.0 Å². The maximum Gasteiger partial charge on any atom is 0.317 e. The highest BCUT2D eigenvalue weighted by molar-refractivity contribution is 7.90. The maximum atomic E-state index is 12.3. The molecule has 0 spiro atoms. The summed E-state index contributed by atoms with van der Waals surface area (Å²) in [5.74, 6) is 0.787. The fourth-order valence-corrected chi connectivity index (χ4v) is 4.14. The van der Waals surface area contributed by atoms with Crippen LogP contribution in [0.3, 0.4) is 0 Å². The Morgan fingerprint density at radius 3 is 3.04 bits per heavy atom. The second kappa shape index (κ2) is 7.81. The van der Waals surface area contributed by atoms with Gasteiger partial charge >= 0.3 is 6.03 Å². The van der Waals surface area contributed by atoms with E-state index in [4.69, 9.17) is 4.52 Å². The number of piperidine rings is 1. The second-order valence-electron chi connectivity index (χ2n) is 6.46. The summed E-state index contributed by atoms with van der Waals surface area (Å²) in [6, 6.07) is 3.33. The van der Waals surface area contributed by atoms with Crippen LogP contribution in [0.5, 0.6) is 0 Å². The maximum absolute atomic E-state index is 12.3. The molecule has 0 aliphatic carbocycles. The smallest absolute Gasteiger partial charge is 0.317 e. The van der Waals surface area contributed by atoms with Gasteiger partial charge in [0.2, 0.25) is 11.7 Å². The van der Waals surface area contributed by atoms with Crippen LogP contribution in [0.1, 0.15) is 18.7 Å². The number of nitrogens with zero attached hydrogens (tertiary/aromatic N) is 4. The summed E-state index contributed by atoms with van der Waals surface area (Å²) in [7, 11) is -3.05. The van der Waals surface area contributed by atoms with Crippen LogP contribution in [0, 0.1) is 5.92 Å². The van der Waals surface area contributed by atoms with Crippen molar-refractivity contribution in [1.29, 1.82) is 0 Å². The predicted molar refractivity (Wildman–Crippen MR) is 93.8 cm³/mol. The van der Waals surface area contributed by atoms with Crippen molar-refractivity contribution >= 4 is 15.9 Å². The molecule has 0 bridgehead atoms. The van der Waals surface area contributed by atoms with Crippen LogP contribution in [0.4, 0.5) is 4.79 Å². The van der Waals surface area contributed by atoms with Gasteiger partial charge in [-0.1, -0.05) is 5.16 Å². The van der Waals surface area contributed by atoms with E-state index >= 15 is 0 Å². The molecule has 1 atom stereocenters. The van der Waals surface area contributed by atoms with E-state index in [1.54, 1.807) is 23.4 Å². The fourth-order valence-electron chi connectivity index (χ4n) is 3.02. The Kier molecular flexibility index (Phi) is 5.50. The van der Waals surface area contributed by atoms with E-state index in [2.05, 4.69) is 20.4 Å². The number of urea groups is 1. The first-order valence-electron chi connectivity index (χ1n) is 8.34. The van der Waals surface area contributed by atoms with Gasteiger partial charge in [-0.15, -0.1) is 0 Å². The second-order valence-corrected chi connectivity index (χ2v) is 8.64. The van der Waals surface area contributed by atoms with Gasteiger partial charge in [0.1, 0.15) is 9.84 Å². The number of nitrogens with one attached hydrogen (secondary N) is 1. The van der Waals surface area contributed by atoms with E-state index < -0.39 is 9.84 Å². The number of aromatic nitrogens is 3. The lowest BCUT2D eigenvalue weighted by Crippen LogP contribution is -2.46. The highest BCUT2D eigenvalue weighted by Gasteiger charge is 2.26. The standard InChI is InChI=1S/C16H21N5O4S/c1-26(23,24)11-12-4-3-7-21(10-12)16(22)18-9-14-19-15(20-25-14)13-5-2-6-17-8-13/h2,5-6,8,12H,3-4,7,9-11H2,1H3,(H,18,22)/t12-/m1/s1. The molecule has 0 unspecified atom stereocenters. The molecule has 0 aromatic carbocycles. The lowest BCUT2D eigenvalue weighted by Gasteiger charge is -2.32. The highest BCUT2D eigenvalue weighted by Crippen LogP contribution is 2.18. The van der Waals surface area contributed by atoms with Crippen molar-refractivity contribution in [3.05, 3.63) is 30.4 Å². The van der Waals surface area contributed by atoms with E-state index in [1.807, 2.05) is 6.07 Å². The third-order valence-electron chi connectivity index (χ3n) is 4.12. The molecule has 9 nitrogen and oxygen atoms in total. The molecule has 140 valence electrons. The Balaban J connectivity index is 1.53. The number of pyridine rings is 1. The average molecular weight is 379 g/mol. The zero-order valence-electron chi connectivity index (χ0n) is 14.5. The van der Waals surface area contributed by atoms with Crippen molar-refractivity contribution < 1.29 is 17.7 Å². The first-order chi connectivity index (χ1) is 12.4. The zero-order chi connectivity index (χ0) is 18.6. The molecule has 2 aromatic heterocycles. The molecule has 1 aliphatic heterocycles. The van der Waals surface area contributed by atoms with Gasteiger partial charge in [0.15, 0.2) is 0 Å². The zero-order valence-corrected chi connectivity index (χ0v) is 15.3. The van der Waals surface area contributed by atoms with Gasteiger partial charge in [-0.05, 0) is 30.9 Å². The molecule has 1 N–H and O–H groups in total. The number of sulfone groups is 1. The molecular weight excluding hydrogens is 358 g/mol. The largest absolute Gasteiger partial charge is 0.337 e. The quantitative estimate of drug-likeness (QED) is 0.826. The Labute approximate surface area is 151 Å². The number of carbonyl (C=O) groups excluding carboxylic acids is 1. The van der Waals surface area contributed by atoms with Crippen molar-refractivity contribution in [3.63, 3.8) is 0 Å². The molecule has 2 aromatic rings. The van der Waals surface area contributed by atoms with Gasteiger partial charge in [0.25, 0.3) is 0 Å². The molecule has 1 aliphatic rings. The predicted octanol–water partition coefficient (Wildman–Crippen LogP) is 1.10. The monoisotopic (exact) mass is 379 g/mol. The van der Waals surface area contributed by atoms with Gasteiger partial charge < -0.3 is 14.7 Å². The Morgan fingerprint density at radius 2 is 2.31 bits per heavy atom. The molecule has 3 rings (SSSR count). The molecule has 10 heteroatoms. The van der Waals surface area contributed by atoms with E-state index in [0.717, 1.165) is 18.4 Å². The number of likely N-dealkylation sites (tertiary alicyclic amines) is 1. The first-order valence-corrected chi connectivity index (χ1v) is 10.4. The highest BCUT2D eigenvalue weighted by atomic mass is 32.2. The van der Waals surface area contributed by atoms with Crippen molar-refractivity contribution in [2.45, 2.75) is 19.4 Å². The van der Waals surface area contributed by atoms with Crippen LogP contribution < -0.4 is 5.32 Å². The molecular formula is C16H21N5O4S. The van der Waals surface area contributed by atoms with Gasteiger partial charge in [-0.2, -0.15) is 4.98 Å². The van der Waals surface area contributed by atoms with Gasteiger partial charge in [-0.25, -0.2) is 13.2 Å². The molecule has 26 heavy (non-hydrogen) atoms. The van der Waals surface area contributed by atoms with Crippen molar-refractivity contribution in [2.75, 3.05) is 25.1 Å². The summed E-state index contributed by atoms with van der Waals surface area (Å²) in [6.45, 7) is 1.15. The first kappa shape index (κ1) is 18.3. The number of rotatable bonds is 5. The Bertz CT molecular complexity index is 853. The summed E-state index contributed by atoms with van der Waals surface area (Å²) in [4.78, 5) is 22.2. The molecule has 3 heterocycles. The number of carbonyl (C=O) groups is 1. The normalized spacial score (nSPS) is 17.9. The fraction of sp³-hybridized carbons (Fsp3) is 0.500. The van der Waals surface area contributed by atoms with Crippen molar-refractivity contribution in [1.82, 2.24) is 25.3 Å². The minimum Gasteiger partial charge on any atom is -0.337 e. The summed E-state index contributed by atoms with van der Waals surface area (Å²) >= 11 is 0. The van der Waals surface area contributed by atoms with E-state index in [9.17, 15) is 13.2 Å². The minimum atomic E-state index is -3.05. The number of hydrogen-bond acceptors (Lipinski definition) is 7.